The molecule has 2 aromatic rings. The first-order valence-corrected chi connectivity index (χ1v) is 8.89. The van der Waals surface area contributed by atoms with Gasteiger partial charge in [-0.05, 0) is 35.2 Å². The number of halogens is 3. The fourth-order valence-corrected chi connectivity index (χ4v) is 3.81. The molecule has 0 heterocycles. The molecule has 1 fully saturated rings. The molecule has 5 heteroatoms. The highest BCUT2D eigenvalue weighted by Gasteiger charge is 2.35. The largest absolute Gasteiger partial charge is 0.299 e. The summed E-state index contributed by atoms with van der Waals surface area (Å²) in [6, 6.07) is 9.24. The maximum absolute atomic E-state index is 12.2. The molecule has 0 N–H and O–H groups in total. The first-order valence-electron chi connectivity index (χ1n) is 7.76. The van der Waals surface area contributed by atoms with Gasteiger partial charge in [0.05, 0.1) is 15.1 Å². The SMILES string of the molecule is CCc1ccc(-c2ccc(Cl)c(Cl)c2Cl)cc1C1C(=O)CCC1=O. The first kappa shape index (κ1) is 17.5. The monoisotopic (exact) mass is 380 g/mol. The van der Waals surface area contributed by atoms with Crippen LogP contribution in [0.15, 0.2) is 30.3 Å². The van der Waals surface area contributed by atoms with E-state index in [4.69, 9.17) is 34.8 Å². The summed E-state index contributed by atoms with van der Waals surface area (Å²) >= 11 is 18.4. The minimum absolute atomic E-state index is 0.00733. The predicted molar refractivity (Wildman–Crippen MR) is 98.3 cm³/mol. The third-order valence-corrected chi connectivity index (χ3v) is 5.74. The lowest BCUT2D eigenvalue weighted by atomic mass is 9.88. The summed E-state index contributed by atoms with van der Waals surface area (Å²) in [5, 5.41) is 1.05. The summed E-state index contributed by atoms with van der Waals surface area (Å²) in [6.45, 7) is 2.01. The van der Waals surface area contributed by atoms with Gasteiger partial charge in [0, 0.05) is 18.4 Å². The molecule has 0 saturated heterocycles. The van der Waals surface area contributed by atoms with Crippen LogP contribution in [0.4, 0.5) is 0 Å². The van der Waals surface area contributed by atoms with Gasteiger partial charge in [0.2, 0.25) is 0 Å². The fourth-order valence-electron chi connectivity index (χ4n) is 3.16. The van der Waals surface area contributed by atoms with Crippen LogP contribution in [-0.2, 0) is 16.0 Å². The first-order chi connectivity index (χ1) is 11.4. The Balaban J connectivity index is 2.15. The topological polar surface area (TPSA) is 34.1 Å². The average molecular weight is 382 g/mol. The molecule has 0 atom stereocenters. The number of rotatable bonds is 3. The highest BCUT2D eigenvalue weighted by Crippen LogP contribution is 2.40. The zero-order chi connectivity index (χ0) is 17.4. The Kier molecular flexibility index (Phi) is 5.00. The zero-order valence-electron chi connectivity index (χ0n) is 13.0. The van der Waals surface area contributed by atoms with E-state index in [1.165, 1.54) is 0 Å². The van der Waals surface area contributed by atoms with E-state index in [2.05, 4.69) is 0 Å². The maximum atomic E-state index is 12.2. The van der Waals surface area contributed by atoms with E-state index in [0.29, 0.717) is 27.9 Å². The van der Waals surface area contributed by atoms with Gasteiger partial charge in [-0.25, -0.2) is 0 Å². The second-order valence-electron chi connectivity index (χ2n) is 5.86. The molecule has 1 aliphatic carbocycles. The number of benzene rings is 2. The molecule has 0 radical (unpaired) electrons. The van der Waals surface area contributed by atoms with Crippen molar-refractivity contribution in [3.05, 3.63) is 56.5 Å². The van der Waals surface area contributed by atoms with E-state index in [9.17, 15) is 9.59 Å². The van der Waals surface area contributed by atoms with E-state index >= 15 is 0 Å². The van der Waals surface area contributed by atoms with Crippen molar-refractivity contribution in [3.8, 4) is 11.1 Å². The number of hydrogen-bond acceptors (Lipinski definition) is 2. The molecule has 0 aromatic heterocycles. The molecule has 0 spiro atoms. The number of carbonyl (C=O) groups is 2. The summed E-state index contributed by atoms with van der Waals surface area (Å²) in [6.07, 6.45) is 1.40. The zero-order valence-corrected chi connectivity index (χ0v) is 15.3. The summed E-state index contributed by atoms with van der Waals surface area (Å²) < 4.78 is 0. The number of carbonyl (C=O) groups excluding carboxylic acids is 2. The van der Waals surface area contributed by atoms with Crippen LogP contribution in [0.25, 0.3) is 11.1 Å². The van der Waals surface area contributed by atoms with Crippen LogP contribution in [0.3, 0.4) is 0 Å². The molecule has 3 rings (SSSR count). The Morgan fingerprint density at radius 2 is 1.62 bits per heavy atom. The van der Waals surface area contributed by atoms with Gasteiger partial charge in [-0.1, -0.05) is 59.9 Å². The molecule has 0 aliphatic heterocycles. The fraction of sp³-hybridized carbons (Fsp3) is 0.263. The van der Waals surface area contributed by atoms with Crippen molar-refractivity contribution in [3.63, 3.8) is 0 Å². The van der Waals surface area contributed by atoms with Gasteiger partial charge in [-0.2, -0.15) is 0 Å². The summed E-state index contributed by atoms with van der Waals surface area (Å²) in [5.41, 5.74) is 3.33. The Morgan fingerprint density at radius 1 is 0.958 bits per heavy atom. The van der Waals surface area contributed by atoms with Crippen LogP contribution in [0.2, 0.25) is 15.1 Å². The van der Waals surface area contributed by atoms with Crippen molar-refractivity contribution >= 4 is 46.4 Å². The van der Waals surface area contributed by atoms with Crippen molar-refractivity contribution in [2.45, 2.75) is 32.1 Å². The average Bonchev–Trinajstić information content (AvgIpc) is 2.91. The van der Waals surface area contributed by atoms with Crippen molar-refractivity contribution in [1.82, 2.24) is 0 Å². The molecule has 0 unspecified atom stereocenters. The second-order valence-corrected chi connectivity index (χ2v) is 7.02. The molecule has 1 aliphatic rings. The quantitative estimate of drug-likeness (QED) is 0.490. The van der Waals surface area contributed by atoms with E-state index in [-0.39, 0.29) is 11.6 Å². The van der Waals surface area contributed by atoms with E-state index < -0.39 is 5.92 Å². The molecule has 124 valence electrons. The van der Waals surface area contributed by atoms with Gasteiger partial charge in [0.15, 0.2) is 0 Å². The Bertz CT molecular complexity index is 827. The van der Waals surface area contributed by atoms with Crippen molar-refractivity contribution in [2.24, 2.45) is 0 Å². The third-order valence-electron chi connectivity index (χ3n) is 4.45. The summed E-state index contributed by atoms with van der Waals surface area (Å²) in [4.78, 5) is 24.4. The smallest absolute Gasteiger partial charge is 0.148 e. The minimum atomic E-state index is -0.651. The molecule has 2 aromatic carbocycles. The molecule has 0 amide bonds. The number of Topliss-reactive ketones (excluding diaryl/α,β-unsaturated/α-hetero) is 2. The number of hydrogen-bond donors (Lipinski definition) is 0. The highest BCUT2D eigenvalue weighted by molar-refractivity contribution is 6.49. The van der Waals surface area contributed by atoms with Crippen LogP contribution in [0, 0.1) is 0 Å². The lowest BCUT2D eigenvalue weighted by Gasteiger charge is -2.16. The molecule has 2 nitrogen and oxygen atoms in total. The summed E-state index contributed by atoms with van der Waals surface area (Å²) in [7, 11) is 0. The van der Waals surface area contributed by atoms with Crippen LogP contribution in [0.1, 0.15) is 36.8 Å². The van der Waals surface area contributed by atoms with Crippen LogP contribution >= 0.6 is 34.8 Å². The normalized spacial score (nSPS) is 15.3. The lowest BCUT2D eigenvalue weighted by molar-refractivity contribution is -0.123. The minimum Gasteiger partial charge on any atom is -0.299 e. The van der Waals surface area contributed by atoms with Gasteiger partial charge in [0.1, 0.15) is 17.5 Å². The Labute approximate surface area is 155 Å². The van der Waals surface area contributed by atoms with Crippen molar-refractivity contribution < 1.29 is 9.59 Å². The molecular formula is C19H15Cl3O2. The van der Waals surface area contributed by atoms with Crippen molar-refractivity contribution in [1.29, 1.82) is 0 Å². The standard InChI is InChI=1S/C19H15Cl3O2/c1-2-10-3-4-11(12-5-6-14(20)19(22)18(12)21)9-13(10)17-15(23)7-8-16(17)24/h3-6,9,17H,2,7-8H2,1H3. The van der Waals surface area contributed by atoms with Gasteiger partial charge >= 0.3 is 0 Å². The van der Waals surface area contributed by atoms with Gasteiger partial charge in [-0.15, -0.1) is 0 Å². The van der Waals surface area contributed by atoms with E-state index in [0.717, 1.165) is 28.7 Å². The van der Waals surface area contributed by atoms with Crippen LogP contribution in [-0.4, -0.2) is 11.6 Å². The van der Waals surface area contributed by atoms with Crippen molar-refractivity contribution in [2.75, 3.05) is 0 Å². The van der Waals surface area contributed by atoms with Crippen LogP contribution in [0.5, 0.6) is 0 Å². The van der Waals surface area contributed by atoms with Gasteiger partial charge in [-0.3, -0.25) is 9.59 Å². The maximum Gasteiger partial charge on any atom is 0.148 e. The number of ketones is 2. The molecular weight excluding hydrogens is 367 g/mol. The predicted octanol–water partition coefficient (Wildman–Crippen LogP) is 5.89. The highest BCUT2D eigenvalue weighted by atomic mass is 35.5. The Morgan fingerprint density at radius 3 is 2.25 bits per heavy atom. The number of aryl methyl sites for hydroxylation is 1. The van der Waals surface area contributed by atoms with Gasteiger partial charge < -0.3 is 0 Å². The molecule has 1 saturated carbocycles. The van der Waals surface area contributed by atoms with Gasteiger partial charge in [0.25, 0.3) is 0 Å². The Hall–Kier alpha value is -1.35. The summed E-state index contributed by atoms with van der Waals surface area (Å²) in [5.74, 6) is -0.666. The second kappa shape index (κ2) is 6.87. The third kappa shape index (κ3) is 2.99. The van der Waals surface area contributed by atoms with E-state index in [1.54, 1.807) is 12.1 Å². The van der Waals surface area contributed by atoms with E-state index in [1.807, 2.05) is 25.1 Å². The lowest BCUT2D eigenvalue weighted by Crippen LogP contribution is -2.14. The van der Waals surface area contributed by atoms with Crippen LogP contribution < -0.4 is 0 Å². The molecule has 0 bridgehead atoms. The molecule has 24 heavy (non-hydrogen) atoms.